The third-order valence-corrected chi connectivity index (χ3v) is 3.31. The highest BCUT2D eigenvalue weighted by molar-refractivity contribution is 6.02. The molecule has 0 unspecified atom stereocenters. The van der Waals surface area contributed by atoms with E-state index >= 15 is 0 Å². The lowest BCUT2D eigenvalue weighted by Gasteiger charge is -2.07. The van der Waals surface area contributed by atoms with E-state index in [1.165, 1.54) is 18.2 Å². The molecule has 6 nitrogen and oxygen atoms in total. The number of hydrogen-bond acceptors (Lipinski definition) is 4. The minimum absolute atomic E-state index is 0.0310. The largest absolute Gasteiger partial charge is 0.496 e. The second kappa shape index (κ2) is 7.22. The normalized spacial score (nSPS) is 10.5. The van der Waals surface area contributed by atoms with E-state index in [1.807, 2.05) is 18.2 Å². The van der Waals surface area contributed by atoms with E-state index in [0.29, 0.717) is 17.0 Å². The van der Waals surface area contributed by atoms with Gasteiger partial charge < -0.3 is 10.1 Å². The summed E-state index contributed by atoms with van der Waals surface area (Å²) < 4.78 is 5.20. The van der Waals surface area contributed by atoms with Gasteiger partial charge in [-0.2, -0.15) is 0 Å². The Balaban J connectivity index is 2.16. The fourth-order valence-electron chi connectivity index (χ4n) is 2.10. The fourth-order valence-corrected chi connectivity index (χ4v) is 2.10. The number of methoxy groups -OCH3 is 1. The lowest BCUT2D eigenvalue weighted by Crippen LogP contribution is -2.09. The van der Waals surface area contributed by atoms with Crippen LogP contribution >= 0.6 is 0 Å². The predicted octanol–water partition coefficient (Wildman–Crippen LogP) is 3.56. The van der Waals surface area contributed by atoms with E-state index in [-0.39, 0.29) is 11.6 Å². The molecule has 0 aliphatic carbocycles. The molecule has 0 bridgehead atoms. The molecule has 2 rings (SSSR count). The molecule has 0 fully saturated rings. The first-order valence-electron chi connectivity index (χ1n) is 6.89. The molecule has 118 valence electrons. The average Bonchev–Trinajstić information content (AvgIpc) is 2.54. The number of nitro benzene ring substituents is 1. The molecule has 2 aromatic carbocycles. The number of nitro groups is 1. The Bertz CT molecular complexity index is 769. The molecule has 0 heterocycles. The number of amides is 1. The summed E-state index contributed by atoms with van der Waals surface area (Å²) in [4.78, 5) is 22.4. The molecule has 1 amide bonds. The van der Waals surface area contributed by atoms with Crippen LogP contribution in [0.25, 0.3) is 6.08 Å². The molecule has 0 aliphatic rings. The number of hydrogen-bond donors (Lipinski definition) is 1. The maximum absolute atomic E-state index is 12.0. The number of para-hydroxylation sites is 1. The van der Waals surface area contributed by atoms with Crippen LogP contribution < -0.4 is 10.1 Å². The molecular formula is C17H16N2O4. The summed E-state index contributed by atoms with van der Waals surface area (Å²) in [6.07, 6.45) is 2.98. The van der Waals surface area contributed by atoms with Crippen LogP contribution in [0.2, 0.25) is 0 Å². The minimum atomic E-state index is -0.477. The number of carbonyl (C=O) groups is 1. The fraction of sp³-hybridized carbons (Fsp3) is 0.118. The van der Waals surface area contributed by atoms with Gasteiger partial charge in [0.1, 0.15) is 5.75 Å². The highest BCUT2D eigenvalue weighted by atomic mass is 16.6. The molecule has 23 heavy (non-hydrogen) atoms. The molecule has 0 spiro atoms. The molecule has 0 saturated heterocycles. The smallest absolute Gasteiger partial charge is 0.274 e. The van der Waals surface area contributed by atoms with Crippen molar-refractivity contribution in [2.75, 3.05) is 12.4 Å². The SMILES string of the molecule is COc1ccccc1C=CC(=O)Nc1cccc([N+](=O)[O-])c1C. The molecular weight excluding hydrogens is 296 g/mol. The number of carbonyl (C=O) groups excluding carboxylic acids is 1. The van der Waals surface area contributed by atoms with Gasteiger partial charge in [-0.15, -0.1) is 0 Å². The van der Waals surface area contributed by atoms with Crippen LogP contribution in [0.1, 0.15) is 11.1 Å². The number of nitrogens with zero attached hydrogens (tertiary/aromatic N) is 1. The lowest BCUT2D eigenvalue weighted by molar-refractivity contribution is -0.385. The summed E-state index contributed by atoms with van der Waals surface area (Å²) in [7, 11) is 1.55. The summed E-state index contributed by atoms with van der Waals surface area (Å²) in [6, 6.07) is 11.8. The van der Waals surface area contributed by atoms with Gasteiger partial charge in [0.15, 0.2) is 0 Å². The van der Waals surface area contributed by atoms with Crippen molar-refractivity contribution in [2.24, 2.45) is 0 Å². The van der Waals surface area contributed by atoms with Gasteiger partial charge in [-0.25, -0.2) is 0 Å². The first-order valence-corrected chi connectivity index (χ1v) is 6.89. The number of ether oxygens (including phenoxy) is 1. The zero-order valence-electron chi connectivity index (χ0n) is 12.8. The maximum atomic E-state index is 12.0. The topological polar surface area (TPSA) is 81.5 Å². The Labute approximate surface area is 133 Å². The Morgan fingerprint density at radius 2 is 1.96 bits per heavy atom. The third-order valence-electron chi connectivity index (χ3n) is 3.31. The molecule has 1 N–H and O–H groups in total. The van der Waals surface area contributed by atoms with Crippen LogP contribution in [0, 0.1) is 17.0 Å². The third kappa shape index (κ3) is 3.94. The summed E-state index contributed by atoms with van der Waals surface area (Å²) in [6.45, 7) is 1.59. The van der Waals surface area contributed by atoms with Crippen molar-refractivity contribution >= 4 is 23.4 Å². The van der Waals surface area contributed by atoms with Gasteiger partial charge in [0.25, 0.3) is 5.69 Å². The lowest BCUT2D eigenvalue weighted by atomic mass is 10.1. The van der Waals surface area contributed by atoms with Crippen LogP contribution in [-0.2, 0) is 4.79 Å². The zero-order valence-corrected chi connectivity index (χ0v) is 12.8. The van der Waals surface area contributed by atoms with E-state index in [9.17, 15) is 14.9 Å². The molecule has 0 aliphatic heterocycles. The summed E-state index contributed by atoms with van der Waals surface area (Å²) >= 11 is 0. The number of rotatable bonds is 5. The Hall–Kier alpha value is -3.15. The summed E-state index contributed by atoms with van der Waals surface area (Å²) in [5, 5.41) is 13.5. The summed E-state index contributed by atoms with van der Waals surface area (Å²) in [5.74, 6) is 0.280. The van der Waals surface area contributed by atoms with Gasteiger partial charge >= 0.3 is 0 Å². The van der Waals surface area contributed by atoms with Crippen molar-refractivity contribution < 1.29 is 14.5 Å². The zero-order chi connectivity index (χ0) is 16.8. The van der Waals surface area contributed by atoms with Crippen LogP contribution in [0.3, 0.4) is 0 Å². The van der Waals surface area contributed by atoms with Gasteiger partial charge in [-0.05, 0) is 25.1 Å². The minimum Gasteiger partial charge on any atom is -0.496 e. The van der Waals surface area contributed by atoms with Gasteiger partial charge in [0.05, 0.1) is 23.3 Å². The second-order valence-electron chi connectivity index (χ2n) is 4.77. The van der Waals surface area contributed by atoms with Crippen molar-refractivity contribution in [2.45, 2.75) is 6.92 Å². The van der Waals surface area contributed by atoms with Gasteiger partial charge in [-0.3, -0.25) is 14.9 Å². The Morgan fingerprint density at radius 3 is 2.65 bits per heavy atom. The van der Waals surface area contributed by atoms with E-state index in [4.69, 9.17) is 4.74 Å². The second-order valence-corrected chi connectivity index (χ2v) is 4.77. The maximum Gasteiger partial charge on any atom is 0.274 e. The van der Waals surface area contributed by atoms with E-state index in [2.05, 4.69) is 5.32 Å². The van der Waals surface area contributed by atoms with Crippen LogP contribution in [-0.4, -0.2) is 17.9 Å². The Morgan fingerprint density at radius 1 is 1.22 bits per heavy atom. The summed E-state index contributed by atoms with van der Waals surface area (Å²) in [5.41, 5.74) is 1.56. The van der Waals surface area contributed by atoms with Crippen molar-refractivity contribution in [1.82, 2.24) is 0 Å². The van der Waals surface area contributed by atoms with Crippen LogP contribution in [0.15, 0.2) is 48.5 Å². The molecule has 0 saturated carbocycles. The standard InChI is InChI=1S/C17H16N2O4/c1-12-14(7-5-8-15(12)19(21)22)18-17(20)11-10-13-6-3-4-9-16(13)23-2/h3-11H,1-2H3,(H,18,20). The van der Waals surface area contributed by atoms with Crippen LogP contribution in [0.5, 0.6) is 5.75 Å². The predicted molar refractivity (Wildman–Crippen MR) is 88.5 cm³/mol. The van der Waals surface area contributed by atoms with Gasteiger partial charge in [-0.1, -0.05) is 24.3 Å². The quantitative estimate of drug-likeness (QED) is 0.520. The van der Waals surface area contributed by atoms with Crippen LogP contribution in [0.4, 0.5) is 11.4 Å². The highest BCUT2D eigenvalue weighted by Gasteiger charge is 2.13. The van der Waals surface area contributed by atoms with E-state index in [1.54, 1.807) is 32.2 Å². The molecule has 6 heteroatoms. The average molecular weight is 312 g/mol. The highest BCUT2D eigenvalue weighted by Crippen LogP contribution is 2.25. The molecule has 0 radical (unpaired) electrons. The monoisotopic (exact) mass is 312 g/mol. The van der Waals surface area contributed by atoms with Crippen molar-refractivity contribution in [3.63, 3.8) is 0 Å². The van der Waals surface area contributed by atoms with Crippen molar-refractivity contribution in [3.05, 3.63) is 69.8 Å². The number of anilines is 1. The van der Waals surface area contributed by atoms with E-state index in [0.717, 1.165) is 5.56 Å². The first kappa shape index (κ1) is 16.2. The molecule has 0 atom stereocenters. The first-order chi connectivity index (χ1) is 11.0. The van der Waals surface area contributed by atoms with Gasteiger partial charge in [0.2, 0.25) is 5.91 Å². The number of nitrogens with one attached hydrogen (secondary N) is 1. The Kier molecular flexibility index (Phi) is 5.09. The van der Waals surface area contributed by atoms with Gasteiger partial charge in [0, 0.05) is 17.7 Å². The van der Waals surface area contributed by atoms with E-state index < -0.39 is 4.92 Å². The van der Waals surface area contributed by atoms with Crippen molar-refractivity contribution in [1.29, 1.82) is 0 Å². The van der Waals surface area contributed by atoms with Crippen molar-refractivity contribution in [3.8, 4) is 5.75 Å². The molecule has 2 aromatic rings. The molecule has 0 aromatic heterocycles. The number of benzene rings is 2.